The molecule has 0 aromatic heterocycles. The molecule has 2 rings (SSSR count). The van der Waals surface area contributed by atoms with Gasteiger partial charge in [0.2, 0.25) is 0 Å². The Bertz CT molecular complexity index is 331. The van der Waals surface area contributed by atoms with Crippen molar-refractivity contribution in [3.8, 4) is 0 Å². The molecule has 80 valence electrons. The lowest BCUT2D eigenvalue weighted by Gasteiger charge is -2.37. The predicted molar refractivity (Wildman–Crippen MR) is 57.2 cm³/mol. The second kappa shape index (κ2) is 4.45. The zero-order chi connectivity index (χ0) is 10.7. The molecule has 1 aromatic rings. The van der Waals surface area contributed by atoms with Crippen LogP contribution in [0.2, 0.25) is 0 Å². The van der Waals surface area contributed by atoms with Crippen molar-refractivity contribution in [3.63, 3.8) is 0 Å². The third-order valence-electron chi connectivity index (χ3n) is 2.74. The molecule has 0 amide bonds. The first-order chi connectivity index (χ1) is 7.29. The number of likely N-dealkylation sites (tertiary alicyclic amines) is 1. The molecule has 0 radical (unpaired) electrons. The maximum Gasteiger partial charge on any atom is 0.311 e. The lowest BCUT2D eigenvalue weighted by Crippen LogP contribution is -2.49. The number of carbonyl (C=O) groups excluding carboxylic acids is 1. The predicted octanol–water partition coefficient (Wildman–Crippen LogP) is 1.29. The molecule has 0 unspecified atom stereocenters. The molecule has 0 saturated carbocycles. The third kappa shape index (κ3) is 2.36. The van der Waals surface area contributed by atoms with E-state index in [1.807, 2.05) is 18.2 Å². The van der Waals surface area contributed by atoms with Crippen molar-refractivity contribution >= 4 is 5.97 Å². The minimum atomic E-state index is -0.0840. The van der Waals surface area contributed by atoms with Gasteiger partial charge in [-0.25, -0.2) is 0 Å². The van der Waals surface area contributed by atoms with Crippen molar-refractivity contribution in [3.05, 3.63) is 35.9 Å². The van der Waals surface area contributed by atoms with Crippen LogP contribution in [0.4, 0.5) is 0 Å². The molecule has 0 N–H and O–H groups in total. The summed E-state index contributed by atoms with van der Waals surface area (Å²) >= 11 is 0. The van der Waals surface area contributed by atoms with Crippen LogP contribution in [0.3, 0.4) is 0 Å². The third-order valence-corrected chi connectivity index (χ3v) is 2.74. The summed E-state index contributed by atoms with van der Waals surface area (Å²) in [5, 5.41) is 0. The summed E-state index contributed by atoms with van der Waals surface area (Å²) in [4.78, 5) is 13.4. The fourth-order valence-electron chi connectivity index (χ4n) is 1.86. The van der Waals surface area contributed by atoms with E-state index in [1.54, 1.807) is 0 Å². The Morgan fingerprint density at radius 1 is 1.40 bits per heavy atom. The summed E-state index contributed by atoms with van der Waals surface area (Å²) in [6.07, 6.45) is 0. The van der Waals surface area contributed by atoms with E-state index in [1.165, 1.54) is 12.7 Å². The Balaban J connectivity index is 1.79. The van der Waals surface area contributed by atoms with Gasteiger partial charge in [-0.05, 0) is 5.56 Å². The Morgan fingerprint density at radius 3 is 2.67 bits per heavy atom. The summed E-state index contributed by atoms with van der Waals surface area (Å²) in [5.74, 6) is -0.00183. The van der Waals surface area contributed by atoms with Crippen LogP contribution in [-0.2, 0) is 16.1 Å². The van der Waals surface area contributed by atoms with Crippen LogP contribution in [0.15, 0.2) is 30.3 Å². The van der Waals surface area contributed by atoms with Crippen molar-refractivity contribution in [1.29, 1.82) is 0 Å². The smallest absolute Gasteiger partial charge is 0.311 e. The Labute approximate surface area is 89.7 Å². The second-order valence-corrected chi connectivity index (χ2v) is 3.90. The van der Waals surface area contributed by atoms with Crippen LogP contribution in [-0.4, -0.2) is 31.1 Å². The van der Waals surface area contributed by atoms with Gasteiger partial charge in [0.15, 0.2) is 0 Å². The summed E-state index contributed by atoms with van der Waals surface area (Å²) in [5.41, 5.74) is 1.29. The Kier molecular flexibility index (Phi) is 3.02. The highest BCUT2D eigenvalue weighted by Crippen LogP contribution is 2.19. The molecule has 1 aliphatic heterocycles. The van der Waals surface area contributed by atoms with E-state index in [9.17, 15) is 4.79 Å². The number of methoxy groups -OCH3 is 1. The van der Waals surface area contributed by atoms with Crippen LogP contribution in [0.5, 0.6) is 0 Å². The van der Waals surface area contributed by atoms with Gasteiger partial charge in [-0.3, -0.25) is 9.69 Å². The number of rotatable bonds is 3. The van der Waals surface area contributed by atoms with E-state index in [0.29, 0.717) is 0 Å². The van der Waals surface area contributed by atoms with Gasteiger partial charge in [-0.1, -0.05) is 30.3 Å². The normalized spacial score (nSPS) is 17.1. The van der Waals surface area contributed by atoms with E-state index in [2.05, 4.69) is 21.8 Å². The fourth-order valence-corrected chi connectivity index (χ4v) is 1.86. The first-order valence-corrected chi connectivity index (χ1v) is 5.13. The van der Waals surface area contributed by atoms with Crippen molar-refractivity contribution < 1.29 is 9.53 Å². The average molecular weight is 205 g/mol. The van der Waals surface area contributed by atoms with Crippen molar-refractivity contribution in [2.75, 3.05) is 20.2 Å². The van der Waals surface area contributed by atoms with Gasteiger partial charge in [0.25, 0.3) is 0 Å². The summed E-state index contributed by atoms with van der Waals surface area (Å²) in [6, 6.07) is 10.3. The van der Waals surface area contributed by atoms with Crippen LogP contribution < -0.4 is 0 Å². The monoisotopic (exact) mass is 205 g/mol. The van der Waals surface area contributed by atoms with Crippen LogP contribution in [0.25, 0.3) is 0 Å². The molecule has 3 nitrogen and oxygen atoms in total. The topological polar surface area (TPSA) is 29.5 Å². The van der Waals surface area contributed by atoms with E-state index in [4.69, 9.17) is 0 Å². The highest BCUT2D eigenvalue weighted by atomic mass is 16.5. The summed E-state index contributed by atoms with van der Waals surface area (Å²) < 4.78 is 4.69. The Hall–Kier alpha value is -1.35. The van der Waals surface area contributed by atoms with E-state index < -0.39 is 0 Å². The van der Waals surface area contributed by atoms with Crippen LogP contribution in [0, 0.1) is 5.92 Å². The van der Waals surface area contributed by atoms with Gasteiger partial charge in [0.1, 0.15) is 0 Å². The van der Waals surface area contributed by atoms with Crippen molar-refractivity contribution in [2.45, 2.75) is 6.54 Å². The van der Waals surface area contributed by atoms with E-state index >= 15 is 0 Å². The second-order valence-electron chi connectivity index (χ2n) is 3.90. The molecule has 1 fully saturated rings. The van der Waals surface area contributed by atoms with Gasteiger partial charge in [0.05, 0.1) is 13.0 Å². The van der Waals surface area contributed by atoms with Gasteiger partial charge < -0.3 is 4.74 Å². The number of hydrogen-bond donors (Lipinski definition) is 0. The zero-order valence-electron chi connectivity index (χ0n) is 8.85. The minimum Gasteiger partial charge on any atom is -0.469 e. The number of ether oxygens (including phenoxy) is 1. The molecule has 15 heavy (non-hydrogen) atoms. The molecular formula is C12H15NO2. The van der Waals surface area contributed by atoms with Crippen molar-refractivity contribution in [1.82, 2.24) is 4.90 Å². The zero-order valence-corrected chi connectivity index (χ0v) is 8.85. The standard InChI is InChI=1S/C12H15NO2/c1-15-12(14)11-8-13(9-11)7-10-5-3-2-4-6-10/h2-6,11H,7-9H2,1H3. The number of hydrogen-bond acceptors (Lipinski definition) is 3. The highest BCUT2D eigenvalue weighted by Gasteiger charge is 2.32. The lowest BCUT2D eigenvalue weighted by molar-refractivity contribution is -0.151. The molecule has 3 heteroatoms. The molecule has 1 aliphatic rings. The summed E-state index contributed by atoms with van der Waals surface area (Å²) in [6.45, 7) is 2.57. The fraction of sp³-hybridized carbons (Fsp3) is 0.417. The van der Waals surface area contributed by atoms with E-state index in [0.717, 1.165) is 19.6 Å². The first-order valence-electron chi connectivity index (χ1n) is 5.13. The molecular weight excluding hydrogens is 190 g/mol. The van der Waals surface area contributed by atoms with Gasteiger partial charge in [-0.2, -0.15) is 0 Å². The molecule has 0 bridgehead atoms. The van der Waals surface area contributed by atoms with Gasteiger partial charge in [-0.15, -0.1) is 0 Å². The van der Waals surface area contributed by atoms with Crippen LogP contribution >= 0.6 is 0 Å². The minimum absolute atomic E-state index is 0.0821. The quantitative estimate of drug-likeness (QED) is 0.696. The highest BCUT2D eigenvalue weighted by molar-refractivity contribution is 5.73. The van der Waals surface area contributed by atoms with Gasteiger partial charge >= 0.3 is 5.97 Å². The molecule has 0 spiro atoms. The maximum atomic E-state index is 11.1. The largest absolute Gasteiger partial charge is 0.469 e. The Morgan fingerprint density at radius 2 is 2.07 bits per heavy atom. The number of esters is 1. The number of benzene rings is 1. The maximum absolute atomic E-state index is 11.1. The van der Waals surface area contributed by atoms with Crippen LogP contribution in [0.1, 0.15) is 5.56 Å². The lowest BCUT2D eigenvalue weighted by atomic mass is 9.99. The molecule has 0 atom stereocenters. The molecule has 1 aromatic carbocycles. The molecule has 0 aliphatic carbocycles. The van der Waals surface area contributed by atoms with Gasteiger partial charge in [0, 0.05) is 19.6 Å². The SMILES string of the molecule is COC(=O)C1CN(Cc2ccccc2)C1. The number of carbonyl (C=O) groups is 1. The summed E-state index contributed by atoms with van der Waals surface area (Å²) in [7, 11) is 1.45. The molecule has 1 saturated heterocycles. The van der Waals surface area contributed by atoms with E-state index in [-0.39, 0.29) is 11.9 Å². The number of nitrogens with zero attached hydrogens (tertiary/aromatic N) is 1. The molecule has 1 heterocycles. The van der Waals surface area contributed by atoms with Crippen molar-refractivity contribution in [2.24, 2.45) is 5.92 Å². The average Bonchev–Trinajstić information content (AvgIpc) is 2.23. The first kappa shape index (κ1) is 10.2.